The summed E-state index contributed by atoms with van der Waals surface area (Å²) in [6, 6.07) is 19.8. The van der Waals surface area contributed by atoms with Gasteiger partial charge in [-0.3, -0.25) is 4.99 Å². The maximum absolute atomic E-state index is 4.71. The summed E-state index contributed by atoms with van der Waals surface area (Å²) < 4.78 is 0. The van der Waals surface area contributed by atoms with Crippen molar-refractivity contribution >= 4 is 11.6 Å². The van der Waals surface area contributed by atoms with E-state index >= 15 is 0 Å². The molecule has 2 heterocycles. The van der Waals surface area contributed by atoms with Gasteiger partial charge in [-0.1, -0.05) is 42.5 Å². The molecule has 25 heavy (non-hydrogen) atoms. The lowest BCUT2D eigenvalue weighted by molar-refractivity contribution is 0.480. The van der Waals surface area contributed by atoms with Crippen molar-refractivity contribution in [3.05, 3.63) is 65.7 Å². The highest BCUT2D eigenvalue weighted by atomic mass is 15.3. The van der Waals surface area contributed by atoms with Crippen LogP contribution in [0, 0.1) is 0 Å². The molecule has 1 saturated heterocycles. The van der Waals surface area contributed by atoms with E-state index in [1.807, 2.05) is 0 Å². The number of nitrogens with zero attached hydrogens (tertiary/aromatic N) is 3. The lowest BCUT2D eigenvalue weighted by Crippen LogP contribution is -2.36. The Bertz CT molecular complexity index is 735. The number of hydrogen-bond acceptors (Lipinski definition) is 4. The van der Waals surface area contributed by atoms with E-state index in [2.05, 4.69) is 76.8 Å². The van der Waals surface area contributed by atoms with Gasteiger partial charge in [0.2, 0.25) is 0 Å². The Balaban J connectivity index is 1.39. The number of guanidine groups is 1. The molecule has 2 aliphatic heterocycles. The predicted octanol–water partition coefficient (Wildman–Crippen LogP) is 3.42. The number of rotatable bonds is 4. The SMILES string of the molecule is CN(Cc1cccc(N2CCCC2)c1)C1=NCC(c2ccccc2)N1. The number of benzene rings is 2. The largest absolute Gasteiger partial charge is 0.372 e. The third-order valence-electron chi connectivity index (χ3n) is 5.09. The molecule has 0 radical (unpaired) electrons. The fourth-order valence-electron chi connectivity index (χ4n) is 3.71. The molecule has 4 rings (SSSR count). The average molecular weight is 334 g/mol. The second-order valence-corrected chi connectivity index (χ2v) is 6.99. The van der Waals surface area contributed by atoms with E-state index in [9.17, 15) is 0 Å². The topological polar surface area (TPSA) is 30.9 Å². The molecule has 0 saturated carbocycles. The van der Waals surface area contributed by atoms with Gasteiger partial charge in [0, 0.05) is 32.4 Å². The fraction of sp³-hybridized carbons (Fsp3) is 0.381. The molecule has 1 N–H and O–H groups in total. The van der Waals surface area contributed by atoms with E-state index in [-0.39, 0.29) is 6.04 Å². The zero-order valence-electron chi connectivity index (χ0n) is 14.9. The van der Waals surface area contributed by atoms with Crippen molar-refractivity contribution in [2.45, 2.75) is 25.4 Å². The Morgan fingerprint density at radius 3 is 2.68 bits per heavy atom. The van der Waals surface area contributed by atoms with Crippen LogP contribution in [0.25, 0.3) is 0 Å². The molecule has 1 fully saturated rings. The minimum absolute atomic E-state index is 0.287. The van der Waals surface area contributed by atoms with Crippen molar-refractivity contribution in [3.8, 4) is 0 Å². The summed E-state index contributed by atoms with van der Waals surface area (Å²) in [5.74, 6) is 0.987. The average Bonchev–Trinajstić information content (AvgIpc) is 3.35. The molecule has 1 unspecified atom stereocenters. The summed E-state index contributed by atoms with van der Waals surface area (Å²) in [5, 5.41) is 3.56. The van der Waals surface area contributed by atoms with Gasteiger partial charge in [-0.15, -0.1) is 0 Å². The van der Waals surface area contributed by atoms with Crippen LogP contribution >= 0.6 is 0 Å². The molecule has 0 aliphatic carbocycles. The standard InChI is InChI=1S/C21H26N4/c1-24(21-22-15-20(23-21)18-9-3-2-4-10-18)16-17-8-7-11-19(14-17)25-12-5-6-13-25/h2-4,7-11,14,20H,5-6,12-13,15-16H2,1H3,(H,22,23). The maximum Gasteiger partial charge on any atom is 0.194 e. The van der Waals surface area contributed by atoms with Crippen molar-refractivity contribution < 1.29 is 0 Å². The summed E-state index contributed by atoms with van der Waals surface area (Å²) in [4.78, 5) is 9.41. The number of aliphatic imine (C=N–C) groups is 1. The first-order valence-electron chi connectivity index (χ1n) is 9.20. The van der Waals surface area contributed by atoms with E-state index < -0.39 is 0 Å². The van der Waals surface area contributed by atoms with E-state index in [0.29, 0.717) is 0 Å². The predicted molar refractivity (Wildman–Crippen MR) is 104 cm³/mol. The fourth-order valence-corrected chi connectivity index (χ4v) is 3.71. The van der Waals surface area contributed by atoms with E-state index in [0.717, 1.165) is 19.0 Å². The van der Waals surface area contributed by atoms with Crippen molar-refractivity contribution in [1.82, 2.24) is 10.2 Å². The van der Waals surface area contributed by atoms with Gasteiger partial charge in [-0.05, 0) is 36.1 Å². The first-order valence-corrected chi connectivity index (χ1v) is 9.20. The summed E-state index contributed by atoms with van der Waals surface area (Å²) in [6.07, 6.45) is 2.62. The first kappa shape index (κ1) is 16.0. The van der Waals surface area contributed by atoms with Crippen LogP contribution in [-0.2, 0) is 6.54 Å². The molecule has 2 aromatic carbocycles. The van der Waals surface area contributed by atoms with Crippen molar-refractivity contribution in [1.29, 1.82) is 0 Å². The molecule has 2 aliphatic rings. The Labute approximate surface area is 150 Å². The lowest BCUT2D eigenvalue weighted by Gasteiger charge is -2.23. The lowest BCUT2D eigenvalue weighted by atomic mass is 10.1. The molecular formula is C21H26N4. The van der Waals surface area contributed by atoms with Crippen LogP contribution in [0.3, 0.4) is 0 Å². The van der Waals surface area contributed by atoms with Crippen LogP contribution in [0.1, 0.15) is 30.0 Å². The number of anilines is 1. The van der Waals surface area contributed by atoms with Gasteiger partial charge in [0.15, 0.2) is 5.96 Å². The van der Waals surface area contributed by atoms with Gasteiger partial charge < -0.3 is 15.1 Å². The van der Waals surface area contributed by atoms with Gasteiger partial charge in [-0.2, -0.15) is 0 Å². The molecule has 4 nitrogen and oxygen atoms in total. The van der Waals surface area contributed by atoms with Crippen molar-refractivity contribution in [2.75, 3.05) is 31.6 Å². The zero-order valence-corrected chi connectivity index (χ0v) is 14.9. The van der Waals surface area contributed by atoms with E-state index in [1.165, 1.54) is 42.7 Å². The van der Waals surface area contributed by atoms with Crippen LogP contribution in [0.15, 0.2) is 59.6 Å². The summed E-state index contributed by atoms with van der Waals surface area (Å²) in [5.41, 5.74) is 3.98. The maximum atomic E-state index is 4.71. The minimum atomic E-state index is 0.287. The smallest absolute Gasteiger partial charge is 0.194 e. The summed E-state index contributed by atoms with van der Waals surface area (Å²) in [6.45, 7) is 4.05. The third-order valence-corrected chi connectivity index (χ3v) is 5.09. The van der Waals surface area contributed by atoms with E-state index in [4.69, 9.17) is 4.99 Å². The van der Waals surface area contributed by atoms with Crippen LogP contribution in [-0.4, -0.2) is 37.5 Å². The van der Waals surface area contributed by atoms with Gasteiger partial charge in [0.1, 0.15) is 0 Å². The Morgan fingerprint density at radius 1 is 1.08 bits per heavy atom. The second-order valence-electron chi connectivity index (χ2n) is 6.99. The van der Waals surface area contributed by atoms with Crippen molar-refractivity contribution in [3.63, 3.8) is 0 Å². The summed E-state index contributed by atoms with van der Waals surface area (Å²) >= 11 is 0. The Morgan fingerprint density at radius 2 is 1.88 bits per heavy atom. The Hall–Kier alpha value is -2.49. The molecule has 130 valence electrons. The molecule has 0 bridgehead atoms. The van der Waals surface area contributed by atoms with Crippen molar-refractivity contribution in [2.24, 2.45) is 4.99 Å². The zero-order chi connectivity index (χ0) is 17.1. The number of nitrogens with one attached hydrogen (secondary N) is 1. The third kappa shape index (κ3) is 3.63. The van der Waals surface area contributed by atoms with Gasteiger partial charge in [0.05, 0.1) is 12.6 Å². The molecule has 1 atom stereocenters. The number of hydrogen-bond donors (Lipinski definition) is 1. The van der Waals surface area contributed by atoms with Crippen LogP contribution < -0.4 is 10.2 Å². The highest BCUT2D eigenvalue weighted by Gasteiger charge is 2.21. The molecule has 2 aromatic rings. The molecule has 0 aromatic heterocycles. The monoisotopic (exact) mass is 334 g/mol. The van der Waals surface area contributed by atoms with Crippen LogP contribution in [0.4, 0.5) is 5.69 Å². The normalized spacial score (nSPS) is 19.6. The molecular weight excluding hydrogens is 308 g/mol. The second kappa shape index (κ2) is 7.18. The van der Waals surface area contributed by atoms with Crippen LogP contribution in [0.2, 0.25) is 0 Å². The van der Waals surface area contributed by atoms with Gasteiger partial charge >= 0.3 is 0 Å². The van der Waals surface area contributed by atoms with Crippen LogP contribution in [0.5, 0.6) is 0 Å². The van der Waals surface area contributed by atoms with Gasteiger partial charge in [-0.25, -0.2) is 0 Å². The highest BCUT2D eigenvalue weighted by Crippen LogP contribution is 2.22. The van der Waals surface area contributed by atoms with E-state index in [1.54, 1.807) is 0 Å². The molecule has 4 heteroatoms. The quantitative estimate of drug-likeness (QED) is 0.929. The Kier molecular flexibility index (Phi) is 4.59. The minimum Gasteiger partial charge on any atom is -0.372 e. The highest BCUT2D eigenvalue weighted by molar-refractivity contribution is 5.82. The molecule has 0 amide bonds. The first-order chi connectivity index (χ1) is 12.3. The summed E-state index contributed by atoms with van der Waals surface area (Å²) in [7, 11) is 2.11. The molecule has 0 spiro atoms. The van der Waals surface area contributed by atoms with Gasteiger partial charge in [0.25, 0.3) is 0 Å².